The molecule has 0 aliphatic heterocycles. The minimum atomic E-state index is -0.855. The van der Waals surface area contributed by atoms with Gasteiger partial charge in [0.2, 0.25) is 0 Å². The van der Waals surface area contributed by atoms with Crippen LogP contribution in [0.5, 0.6) is 0 Å². The third-order valence-corrected chi connectivity index (χ3v) is 6.41. The van der Waals surface area contributed by atoms with E-state index in [0.29, 0.717) is 30.9 Å². The third kappa shape index (κ3) is 3.54. The molecular formula is C27H28O3. The van der Waals surface area contributed by atoms with Gasteiger partial charge in [-0.3, -0.25) is 4.79 Å². The standard InChI is InChI=1S/C27H28O3/c1-3-30-26(29)24-15-14-23(21-12-8-5-9-13-21)27(24)18-19(2)16-22(25(27)28)17-20-10-6-4-7-11-20/h4-13,15,17,19,23H,3,14,16,18H2,1-2H3/b22-17+/t19?,23-,27-/m1/s1. The Kier molecular flexibility index (Phi) is 5.72. The van der Waals surface area contributed by atoms with Gasteiger partial charge in [-0.15, -0.1) is 0 Å². The van der Waals surface area contributed by atoms with Crippen molar-refractivity contribution < 1.29 is 14.3 Å². The number of carbonyl (C=O) groups is 2. The van der Waals surface area contributed by atoms with Crippen molar-refractivity contribution in [2.24, 2.45) is 11.3 Å². The lowest BCUT2D eigenvalue weighted by atomic mass is 9.58. The zero-order valence-electron chi connectivity index (χ0n) is 17.6. The van der Waals surface area contributed by atoms with Crippen molar-refractivity contribution in [1.29, 1.82) is 0 Å². The second kappa shape index (κ2) is 8.43. The van der Waals surface area contributed by atoms with Crippen molar-refractivity contribution in [3.05, 3.63) is 89.0 Å². The number of rotatable bonds is 4. The Morgan fingerprint density at radius 1 is 1.10 bits per heavy atom. The Bertz CT molecular complexity index is 987. The summed E-state index contributed by atoms with van der Waals surface area (Å²) < 4.78 is 5.40. The molecule has 1 spiro atoms. The molecule has 3 heteroatoms. The molecule has 2 aromatic carbocycles. The van der Waals surface area contributed by atoms with Crippen LogP contribution in [0.2, 0.25) is 0 Å². The van der Waals surface area contributed by atoms with E-state index in [-0.39, 0.29) is 17.7 Å². The Labute approximate surface area is 178 Å². The molecule has 0 N–H and O–H groups in total. The quantitative estimate of drug-likeness (QED) is 0.486. The minimum absolute atomic E-state index is 0.0486. The fourth-order valence-electron chi connectivity index (χ4n) is 5.26. The number of hydrogen-bond acceptors (Lipinski definition) is 3. The van der Waals surface area contributed by atoms with Crippen LogP contribution < -0.4 is 0 Å². The van der Waals surface area contributed by atoms with Crippen molar-refractivity contribution in [3.63, 3.8) is 0 Å². The molecule has 4 rings (SSSR count). The summed E-state index contributed by atoms with van der Waals surface area (Å²) in [4.78, 5) is 27.0. The number of benzene rings is 2. The summed E-state index contributed by atoms with van der Waals surface area (Å²) >= 11 is 0. The molecule has 3 nitrogen and oxygen atoms in total. The summed E-state index contributed by atoms with van der Waals surface area (Å²) in [6, 6.07) is 20.1. The summed E-state index contributed by atoms with van der Waals surface area (Å²) in [5.41, 5.74) is 2.62. The Hall–Kier alpha value is -2.94. The maximum Gasteiger partial charge on any atom is 0.334 e. The van der Waals surface area contributed by atoms with Gasteiger partial charge in [0.1, 0.15) is 0 Å². The van der Waals surface area contributed by atoms with Crippen molar-refractivity contribution in [2.45, 2.75) is 39.0 Å². The van der Waals surface area contributed by atoms with Crippen LogP contribution >= 0.6 is 0 Å². The lowest BCUT2D eigenvalue weighted by molar-refractivity contribution is -0.142. The number of allylic oxidation sites excluding steroid dienone is 2. The lowest BCUT2D eigenvalue weighted by Crippen LogP contribution is -2.44. The van der Waals surface area contributed by atoms with E-state index in [9.17, 15) is 9.59 Å². The first-order valence-corrected chi connectivity index (χ1v) is 10.8. The van der Waals surface area contributed by atoms with Gasteiger partial charge in [0.05, 0.1) is 12.0 Å². The molecule has 1 saturated carbocycles. The lowest BCUT2D eigenvalue weighted by Gasteiger charge is -2.43. The number of ether oxygens (including phenoxy) is 1. The first-order valence-electron chi connectivity index (χ1n) is 10.8. The Balaban J connectivity index is 1.83. The summed E-state index contributed by atoms with van der Waals surface area (Å²) in [6.07, 6.45) is 6.03. The molecule has 0 aromatic heterocycles. The zero-order chi connectivity index (χ0) is 21.1. The van der Waals surface area contributed by atoms with Gasteiger partial charge in [-0.05, 0) is 54.9 Å². The highest BCUT2D eigenvalue weighted by Gasteiger charge is 2.57. The number of ketones is 1. The van der Waals surface area contributed by atoms with Gasteiger partial charge in [0.25, 0.3) is 0 Å². The highest BCUT2D eigenvalue weighted by Crippen LogP contribution is 2.58. The third-order valence-electron chi connectivity index (χ3n) is 6.41. The number of carbonyl (C=O) groups excluding carboxylic acids is 2. The summed E-state index contributed by atoms with van der Waals surface area (Å²) in [5.74, 6) is -0.0279. The second-order valence-corrected chi connectivity index (χ2v) is 8.43. The molecule has 0 amide bonds. The van der Waals surface area contributed by atoms with E-state index >= 15 is 0 Å². The van der Waals surface area contributed by atoms with E-state index in [1.165, 1.54) is 0 Å². The first kappa shape index (κ1) is 20.3. The fraction of sp³-hybridized carbons (Fsp3) is 0.333. The van der Waals surface area contributed by atoms with Gasteiger partial charge in [0.15, 0.2) is 5.78 Å². The number of esters is 1. The first-order chi connectivity index (χ1) is 14.6. The van der Waals surface area contributed by atoms with Crippen molar-refractivity contribution in [1.82, 2.24) is 0 Å². The SMILES string of the molecule is CCOC(=O)C1=CC[C@H](c2ccccc2)[C@]12CC(C)C/C(=C\c1ccccc1)C2=O. The summed E-state index contributed by atoms with van der Waals surface area (Å²) in [6.45, 7) is 4.29. The van der Waals surface area contributed by atoms with Gasteiger partial charge in [0, 0.05) is 11.5 Å². The van der Waals surface area contributed by atoms with Crippen LogP contribution in [0.15, 0.2) is 77.9 Å². The molecule has 30 heavy (non-hydrogen) atoms. The van der Waals surface area contributed by atoms with Crippen LogP contribution in [0.1, 0.15) is 50.2 Å². The van der Waals surface area contributed by atoms with Crippen LogP contribution in [-0.2, 0) is 14.3 Å². The molecule has 2 aliphatic rings. The molecule has 154 valence electrons. The average molecular weight is 401 g/mol. The predicted octanol–water partition coefficient (Wildman–Crippen LogP) is 5.73. The molecule has 3 atom stereocenters. The predicted molar refractivity (Wildman–Crippen MR) is 119 cm³/mol. The van der Waals surface area contributed by atoms with Gasteiger partial charge < -0.3 is 4.74 Å². The van der Waals surface area contributed by atoms with E-state index < -0.39 is 5.41 Å². The van der Waals surface area contributed by atoms with Gasteiger partial charge in [-0.25, -0.2) is 4.79 Å². The van der Waals surface area contributed by atoms with Gasteiger partial charge in [-0.1, -0.05) is 73.7 Å². The van der Waals surface area contributed by atoms with E-state index in [1.807, 2.05) is 60.7 Å². The van der Waals surface area contributed by atoms with Gasteiger partial charge >= 0.3 is 5.97 Å². The average Bonchev–Trinajstić information content (AvgIpc) is 3.13. The molecular weight excluding hydrogens is 372 g/mol. The fourth-order valence-corrected chi connectivity index (χ4v) is 5.26. The Morgan fingerprint density at radius 2 is 1.77 bits per heavy atom. The highest BCUT2D eigenvalue weighted by molar-refractivity contribution is 6.12. The molecule has 0 heterocycles. The van der Waals surface area contributed by atoms with E-state index in [4.69, 9.17) is 4.74 Å². The second-order valence-electron chi connectivity index (χ2n) is 8.43. The smallest absolute Gasteiger partial charge is 0.334 e. The molecule has 1 unspecified atom stereocenters. The molecule has 0 radical (unpaired) electrons. The summed E-state index contributed by atoms with van der Waals surface area (Å²) in [5, 5.41) is 0. The van der Waals surface area contributed by atoms with Gasteiger partial charge in [-0.2, -0.15) is 0 Å². The van der Waals surface area contributed by atoms with Crippen molar-refractivity contribution >= 4 is 17.8 Å². The zero-order valence-corrected chi connectivity index (χ0v) is 17.6. The summed E-state index contributed by atoms with van der Waals surface area (Å²) in [7, 11) is 0. The topological polar surface area (TPSA) is 43.4 Å². The van der Waals surface area contributed by atoms with E-state index in [0.717, 1.165) is 23.1 Å². The maximum absolute atomic E-state index is 14.1. The molecule has 2 aromatic rings. The normalized spacial score (nSPS) is 27.3. The number of Topliss-reactive ketones (excluding diaryl/α,β-unsaturated/α-hetero) is 1. The van der Waals surface area contributed by atoms with Crippen LogP contribution in [0.3, 0.4) is 0 Å². The largest absolute Gasteiger partial charge is 0.463 e. The monoisotopic (exact) mass is 400 g/mol. The molecule has 0 saturated heterocycles. The van der Waals surface area contributed by atoms with Crippen molar-refractivity contribution in [3.8, 4) is 0 Å². The molecule has 2 aliphatic carbocycles. The van der Waals surface area contributed by atoms with Crippen molar-refractivity contribution in [2.75, 3.05) is 6.61 Å². The van der Waals surface area contributed by atoms with E-state index in [1.54, 1.807) is 6.92 Å². The highest BCUT2D eigenvalue weighted by atomic mass is 16.5. The number of hydrogen-bond donors (Lipinski definition) is 0. The van der Waals surface area contributed by atoms with Crippen LogP contribution in [-0.4, -0.2) is 18.4 Å². The van der Waals surface area contributed by atoms with Crippen LogP contribution in [0.4, 0.5) is 0 Å². The molecule has 1 fully saturated rings. The van der Waals surface area contributed by atoms with Crippen LogP contribution in [0, 0.1) is 11.3 Å². The van der Waals surface area contributed by atoms with Crippen LogP contribution in [0.25, 0.3) is 6.08 Å². The maximum atomic E-state index is 14.1. The molecule has 0 bridgehead atoms. The minimum Gasteiger partial charge on any atom is -0.463 e. The van der Waals surface area contributed by atoms with E-state index in [2.05, 4.69) is 19.1 Å². The Morgan fingerprint density at radius 3 is 2.43 bits per heavy atom.